The third-order valence-corrected chi connectivity index (χ3v) is 5.39. The largest absolute Gasteiger partial charge is 0.383 e. The molecule has 0 spiro atoms. The van der Waals surface area contributed by atoms with E-state index in [4.69, 9.17) is 5.73 Å². The number of aryl methyl sites for hydroxylation is 1. The van der Waals surface area contributed by atoms with Crippen LogP contribution >= 0.6 is 34.4 Å². The summed E-state index contributed by atoms with van der Waals surface area (Å²) in [5.41, 5.74) is 7.04. The number of nitrogens with zero attached hydrogens (tertiary/aromatic N) is 3. The Morgan fingerprint density at radius 1 is 1.25 bits per heavy atom. The highest BCUT2D eigenvalue weighted by Crippen LogP contribution is 2.28. The van der Waals surface area contributed by atoms with Crippen molar-refractivity contribution < 1.29 is 0 Å². The highest BCUT2D eigenvalue weighted by atomic mass is 32.2. The molecule has 0 aliphatic carbocycles. The summed E-state index contributed by atoms with van der Waals surface area (Å²) in [7, 11) is 0. The second-order valence-electron chi connectivity index (χ2n) is 4.30. The molecule has 3 rings (SSSR count). The van der Waals surface area contributed by atoms with Gasteiger partial charge in [0.15, 0.2) is 5.16 Å². The van der Waals surface area contributed by atoms with Crippen LogP contribution in [0.3, 0.4) is 0 Å². The van der Waals surface area contributed by atoms with Crippen molar-refractivity contribution in [1.82, 2.24) is 15.0 Å². The summed E-state index contributed by atoms with van der Waals surface area (Å²) in [6.07, 6.45) is 2.19. The zero-order chi connectivity index (χ0) is 13.9. The minimum Gasteiger partial charge on any atom is -0.383 e. The maximum Gasteiger partial charge on any atom is 0.191 e. The van der Waals surface area contributed by atoms with Gasteiger partial charge < -0.3 is 5.73 Å². The van der Waals surface area contributed by atoms with E-state index in [1.165, 1.54) is 5.01 Å². The van der Waals surface area contributed by atoms with Crippen molar-refractivity contribution in [3.8, 4) is 0 Å². The number of fused-ring (bicyclic) bond motifs is 1. The Hall–Kier alpha value is -1.18. The van der Waals surface area contributed by atoms with Gasteiger partial charge in [-0.05, 0) is 24.3 Å². The molecule has 0 aromatic carbocycles. The van der Waals surface area contributed by atoms with E-state index in [2.05, 4.69) is 27.3 Å². The van der Waals surface area contributed by atoms with Crippen molar-refractivity contribution in [3.05, 3.63) is 27.5 Å². The smallest absolute Gasteiger partial charge is 0.191 e. The van der Waals surface area contributed by atoms with Gasteiger partial charge in [0, 0.05) is 11.1 Å². The van der Waals surface area contributed by atoms with E-state index < -0.39 is 0 Å². The SMILES string of the molecule is CCCc1nc(CSc2nc(N)c3ccsc3n2)cs1. The van der Waals surface area contributed by atoms with Crippen LogP contribution in [0.2, 0.25) is 0 Å². The fourth-order valence-electron chi connectivity index (χ4n) is 1.80. The molecule has 7 heteroatoms. The molecule has 3 heterocycles. The lowest BCUT2D eigenvalue weighted by atomic mass is 10.3. The predicted octanol–water partition coefficient (Wildman–Crippen LogP) is 3.97. The van der Waals surface area contributed by atoms with E-state index in [-0.39, 0.29) is 0 Å². The highest BCUT2D eigenvalue weighted by molar-refractivity contribution is 7.98. The number of thiophene rings is 1. The van der Waals surface area contributed by atoms with E-state index in [0.29, 0.717) is 5.82 Å². The molecule has 4 nitrogen and oxygen atoms in total. The Kier molecular flexibility index (Phi) is 4.18. The maximum absolute atomic E-state index is 5.94. The van der Waals surface area contributed by atoms with Gasteiger partial charge in [0.25, 0.3) is 0 Å². The highest BCUT2D eigenvalue weighted by Gasteiger charge is 2.08. The van der Waals surface area contributed by atoms with Crippen molar-refractivity contribution in [2.24, 2.45) is 0 Å². The van der Waals surface area contributed by atoms with Crippen LogP contribution in [0, 0.1) is 0 Å². The summed E-state index contributed by atoms with van der Waals surface area (Å²) in [5.74, 6) is 1.35. The summed E-state index contributed by atoms with van der Waals surface area (Å²) in [5, 5.41) is 6.98. The van der Waals surface area contributed by atoms with Crippen LogP contribution < -0.4 is 5.73 Å². The molecule has 0 amide bonds. The number of hydrogen-bond acceptors (Lipinski definition) is 7. The fourth-order valence-corrected chi connectivity index (χ4v) is 4.38. The zero-order valence-electron chi connectivity index (χ0n) is 11.0. The van der Waals surface area contributed by atoms with Gasteiger partial charge in [-0.25, -0.2) is 15.0 Å². The van der Waals surface area contributed by atoms with Gasteiger partial charge in [0.2, 0.25) is 0 Å². The first-order valence-electron chi connectivity index (χ1n) is 6.33. The third-order valence-electron chi connectivity index (χ3n) is 2.75. The zero-order valence-corrected chi connectivity index (χ0v) is 13.4. The van der Waals surface area contributed by atoms with Crippen LogP contribution in [-0.4, -0.2) is 15.0 Å². The first kappa shape index (κ1) is 13.8. The third kappa shape index (κ3) is 2.94. The molecule has 0 saturated carbocycles. The average molecular weight is 322 g/mol. The molecule has 20 heavy (non-hydrogen) atoms. The second-order valence-corrected chi connectivity index (χ2v) is 7.08. The van der Waals surface area contributed by atoms with Crippen molar-refractivity contribution in [1.29, 1.82) is 0 Å². The second kappa shape index (κ2) is 6.07. The van der Waals surface area contributed by atoms with Gasteiger partial charge in [-0.1, -0.05) is 18.7 Å². The fraction of sp³-hybridized carbons (Fsp3) is 0.308. The van der Waals surface area contributed by atoms with Crippen molar-refractivity contribution in [3.63, 3.8) is 0 Å². The van der Waals surface area contributed by atoms with Gasteiger partial charge in [-0.3, -0.25) is 0 Å². The molecule has 0 aliphatic heterocycles. The number of thiazole rings is 1. The van der Waals surface area contributed by atoms with E-state index in [9.17, 15) is 0 Å². The van der Waals surface area contributed by atoms with Crippen molar-refractivity contribution in [2.75, 3.05) is 5.73 Å². The molecule has 0 radical (unpaired) electrons. The van der Waals surface area contributed by atoms with E-state index in [1.807, 2.05) is 11.4 Å². The minimum atomic E-state index is 0.559. The number of nitrogen functional groups attached to an aromatic ring is 1. The predicted molar refractivity (Wildman–Crippen MR) is 87.5 cm³/mol. The first-order valence-corrected chi connectivity index (χ1v) is 9.07. The average Bonchev–Trinajstić information content (AvgIpc) is 3.06. The van der Waals surface area contributed by atoms with Gasteiger partial charge in [-0.2, -0.15) is 0 Å². The number of thioether (sulfide) groups is 1. The quantitative estimate of drug-likeness (QED) is 0.568. The summed E-state index contributed by atoms with van der Waals surface area (Å²) in [6, 6.07) is 1.96. The number of rotatable bonds is 5. The number of anilines is 1. The topological polar surface area (TPSA) is 64.7 Å². The molecule has 3 aromatic heterocycles. The Balaban J connectivity index is 1.72. The molecule has 0 fully saturated rings. The monoisotopic (exact) mass is 322 g/mol. The lowest BCUT2D eigenvalue weighted by Gasteiger charge is -2.00. The first-order chi connectivity index (χ1) is 9.76. The van der Waals surface area contributed by atoms with Crippen molar-refractivity contribution in [2.45, 2.75) is 30.7 Å². The van der Waals surface area contributed by atoms with Crippen LogP contribution in [-0.2, 0) is 12.2 Å². The van der Waals surface area contributed by atoms with Gasteiger partial charge in [-0.15, -0.1) is 22.7 Å². The van der Waals surface area contributed by atoms with Crippen LogP contribution in [0.4, 0.5) is 5.82 Å². The molecule has 0 bridgehead atoms. The molecule has 3 aromatic rings. The van der Waals surface area contributed by atoms with E-state index in [1.54, 1.807) is 34.4 Å². The maximum atomic E-state index is 5.94. The van der Waals surface area contributed by atoms with Gasteiger partial charge in [0.05, 0.1) is 16.1 Å². The molecule has 0 atom stereocenters. The van der Waals surface area contributed by atoms with Gasteiger partial charge >= 0.3 is 0 Å². The van der Waals surface area contributed by atoms with Crippen LogP contribution in [0.5, 0.6) is 0 Å². The Labute approximate surface area is 129 Å². The van der Waals surface area contributed by atoms with Crippen LogP contribution in [0.25, 0.3) is 10.2 Å². The normalized spacial score (nSPS) is 11.2. The van der Waals surface area contributed by atoms with Crippen molar-refractivity contribution >= 4 is 50.5 Å². The molecule has 104 valence electrons. The van der Waals surface area contributed by atoms with E-state index >= 15 is 0 Å². The standard InChI is InChI=1S/C13H14N4S3/c1-2-3-10-15-8(6-19-10)7-20-13-16-11(14)9-4-5-18-12(9)17-13/h4-6H,2-3,7H2,1H3,(H2,14,16,17). The van der Waals surface area contributed by atoms with Gasteiger partial charge in [0.1, 0.15) is 10.6 Å². The Bertz CT molecular complexity index is 719. The lowest BCUT2D eigenvalue weighted by molar-refractivity contribution is 0.901. The summed E-state index contributed by atoms with van der Waals surface area (Å²) in [4.78, 5) is 14.4. The number of aromatic nitrogens is 3. The Morgan fingerprint density at radius 2 is 2.15 bits per heavy atom. The number of nitrogens with two attached hydrogens (primary N) is 1. The molecule has 0 aliphatic rings. The Morgan fingerprint density at radius 3 is 3.00 bits per heavy atom. The number of hydrogen-bond donors (Lipinski definition) is 1. The summed E-state index contributed by atoms with van der Waals surface area (Å²) < 4.78 is 0. The van der Waals surface area contributed by atoms with Crippen LogP contribution in [0.15, 0.2) is 22.0 Å². The summed E-state index contributed by atoms with van der Waals surface area (Å²) in [6.45, 7) is 2.17. The van der Waals surface area contributed by atoms with E-state index in [0.717, 1.165) is 39.7 Å². The lowest BCUT2D eigenvalue weighted by Crippen LogP contribution is -1.95. The summed E-state index contributed by atoms with van der Waals surface area (Å²) >= 11 is 4.90. The molecular weight excluding hydrogens is 308 g/mol. The minimum absolute atomic E-state index is 0.559. The molecule has 0 unspecified atom stereocenters. The molecular formula is C13H14N4S3. The molecule has 2 N–H and O–H groups in total. The molecule has 0 saturated heterocycles. The van der Waals surface area contributed by atoms with Crippen LogP contribution in [0.1, 0.15) is 24.0 Å².